The fourth-order valence-corrected chi connectivity index (χ4v) is 3.50. The summed E-state index contributed by atoms with van der Waals surface area (Å²) in [5.74, 6) is -0.544. The van der Waals surface area contributed by atoms with Crippen LogP contribution in [0.4, 0.5) is 0 Å². The number of nitrogens with zero attached hydrogens (tertiary/aromatic N) is 1. The molecule has 0 bridgehead atoms. The van der Waals surface area contributed by atoms with E-state index in [1.165, 1.54) is 11.9 Å². The van der Waals surface area contributed by atoms with Gasteiger partial charge in [-0.3, -0.25) is 9.59 Å². The lowest BCUT2D eigenvalue weighted by Crippen LogP contribution is -2.47. The summed E-state index contributed by atoms with van der Waals surface area (Å²) in [4.78, 5) is 26.6. The van der Waals surface area contributed by atoms with Crippen molar-refractivity contribution in [2.75, 3.05) is 7.05 Å². The van der Waals surface area contributed by atoms with Gasteiger partial charge in [-0.05, 0) is 42.3 Å². The van der Waals surface area contributed by atoms with Gasteiger partial charge in [0.25, 0.3) is 0 Å². The minimum absolute atomic E-state index is 0.0303. The molecule has 0 saturated carbocycles. The van der Waals surface area contributed by atoms with Crippen molar-refractivity contribution in [1.82, 2.24) is 10.2 Å². The Morgan fingerprint density at radius 3 is 1.96 bits per heavy atom. The third-order valence-electron chi connectivity index (χ3n) is 4.13. The van der Waals surface area contributed by atoms with Crippen LogP contribution in [0.15, 0.2) is 36.4 Å². The summed E-state index contributed by atoms with van der Waals surface area (Å²) < 4.78 is 0. The molecule has 0 aromatic heterocycles. The topological polar surface area (TPSA) is 49.4 Å². The third-order valence-corrected chi connectivity index (χ3v) is 5.30. The van der Waals surface area contributed by atoms with Crippen LogP contribution in [0.5, 0.6) is 0 Å². The van der Waals surface area contributed by atoms with E-state index >= 15 is 0 Å². The Balaban J connectivity index is 2.30. The minimum atomic E-state index is -0.694. The first-order valence-electron chi connectivity index (χ1n) is 8.11. The van der Waals surface area contributed by atoms with E-state index < -0.39 is 6.04 Å². The lowest BCUT2D eigenvalue weighted by Gasteiger charge is -2.29. The Morgan fingerprint density at radius 2 is 1.48 bits per heavy atom. The quantitative estimate of drug-likeness (QED) is 0.676. The van der Waals surface area contributed by atoms with E-state index in [1.807, 2.05) is 0 Å². The Morgan fingerprint density at radius 1 is 0.963 bits per heavy atom. The molecule has 0 saturated heterocycles. The highest BCUT2D eigenvalue weighted by Crippen LogP contribution is 2.25. The highest BCUT2D eigenvalue weighted by Gasteiger charge is 2.26. The Hall–Kier alpha value is -1.46. The summed E-state index contributed by atoms with van der Waals surface area (Å²) >= 11 is 24.3. The van der Waals surface area contributed by atoms with E-state index in [0.29, 0.717) is 31.2 Å². The zero-order valence-corrected chi connectivity index (χ0v) is 17.8. The Bertz CT molecular complexity index is 858. The molecular formula is C19H18Cl4N2O2. The second-order valence-electron chi connectivity index (χ2n) is 5.96. The van der Waals surface area contributed by atoms with Gasteiger partial charge in [-0.25, -0.2) is 0 Å². The van der Waals surface area contributed by atoms with Crippen LogP contribution in [0.1, 0.15) is 18.1 Å². The SMILES string of the molecule is CNC(=O)[C@@H](C)N(Cc1ccc(Cl)cc1Cl)C(=O)Cc1ccc(Cl)cc1Cl. The fourth-order valence-electron chi connectivity index (χ4n) is 2.55. The molecule has 2 rings (SSSR count). The molecule has 144 valence electrons. The molecule has 2 amide bonds. The summed E-state index contributed by atoms with van der Waals surface area (Å²) in [5.41, 5.74) is 1.31. The summed E-state index contributed by atoms with van der Waals surface area (Å²) in [5, 5.41) is 4.36. The van der Waals surface area contributed by atoms with Gasteiger partial charge >= 0.3 is 0 Å². The summed E-state index contributed by atoms with van der Waals surface area (Å²) in [6, 6.07) is 9.26. The van der Waals surface area contributed by atoms with Gasteiger partial charge in [0.2, 0.25) is 11.8 Å². The standard InChI is InChI=1S/C19H18Cl4N2O2/c1-11(19(27)24-2)25(10-13-4-6-15(21)9-17(13)23)18(26)7-12-3-5-14(20)8-16(12)22/h3-6,8-9,11H,7,10H2,1-2H3,(H,24,27)/t11-/m1/s1. The van der Waals surface area contributed by atoms with Crippen molar-refractivity contribution < 1.29 is 9.59 Å². The number of carbonyl (C=O) groups excluding carboxylic acids is 2. The number of benzene rings is 2. The summed E-state index contributed by atoms with van der Waals surface area (Å²) in [7, 11) is 1.52. The lowest BCUT2D eigenvalue weighted by atomic mass is 10.1. The highest BCUT2D eigenvalue weighted by atomic mass is 35.5. The number of rotatable bonds is 6. The van der Waals surface area contributed by atoms with Crippen molar-refractivity contribution in [1.29, 1.82) is 0 Å². The van der Waals surface area contributed by atoms with Crippen LogP contribution in [-0.4, -0.2) is 29.8 Å². The first kappa shape index (κ1) is 21.8. The van der Waals surface area contributed by atoms with E-state index in [9.17, 15) is 9.59 Å². The van der Waals surface area contributed by atoms with Crippen LogP contribution in [0.3, 0.4) is 0 Å². The van der Waals surface area contributed by atoms with Gasteiger partial charge in [0.15, 0.2) is 0 Å². The maximum Gasteiger partial charge on any atom is 0.242 e. The van der Waals surface area contributed by atoms with Crippen LogP contribution in [-0.2, 0) is 22.6 Å². The molecule has 1 N–H and O–H groups in total. The molecule has 8 heteroatoms. The van der Waals surface area contributed by atoms with Gasteiger partial charge in [-0.2, -0.15) is 0 Å². The number of likely N-dealkylation sites (N-methyl/N-ethyl adjacent to an activating group) is 1. The first-order chi connectivity index (χ1) is 12.7. The lowest BCUT2D eigenvalue weighted by molar-refractivity contribution is -0.139. The Labute approximate surface area is 178 Å². The van der Waals surface area contributed by atoms with Crippen LogP contribution < -0.4 is 5.32 Å². The predicted molar refractivity (Wildman–Crippen MR) is 111 cm³/mol. The maximum atomic E-state index is 13.0. The van der Waals surface area contributed by atoms with E-state index in [-0.39, 0.29) is 24.8 Å². The van der Waals surface area contributed by atoms with Crippen LogP contribution in [0.25, 0.3) is 0 Å². The molecule has 0 fully saturated rings. The number of nitrogens with one attached hydrogen (secondary N) is 1. The van der Waals surface area contributed by atoms with Gasteiger partial charge in [-0.1, -0.05) is 58.5 Å². The molecule has 2 aromatic carbocycles. The van der Waals surface area contributed by atoms with Gasteiger partial charge in [-0.15, -0.1) is 0 Å². The van der Waals surface area contributed by atoms with Gasteiger partial charge in [0, 0.05) is 33.7 Å². The fraction of sp³-hybridized carbons (Fsp3) is 0.263. The molecule has 0 radical (unpaired) electrons. The molecule has 0 aliphatic rings. The molecule has 0 unspecified atom stereocenters. The van der Waals surface area contributed by atoms with Crippen molar-refractivity contribution >= 4 is 58.2 Å². The average molecular weight is 448 g/mol. The molecule has 0 aliphatic carbocycles. The summed E-state index contributed by atoms with van der Waals surface area (Å²) in [6.45, 7) is 1.82. The molecular weight excluding hydrogens is 430 g/mol. The van der Waals surface area contributed by atoms with Crippen molar-refractivity contribution in [2.45, 2.75) is 25.9 Å². The van der Waals surface area contributed by atoms with Crippen LogP contribution in [0, 0.1) is 0 Å². The molecule has 2 aromatic rings. The number of amides is 2. The van der Waals surface area contributed by atoms with Crippen molar-refractivity contribution in [3.63, 3.8) is 0 Å². The van der Waals surface area contributed by atoms with E-state index in [4.69, 9.17) is 46.4 Å². The Kier molecular flexibility index (Phi) is 7.80. The van der Waals surface area contributed by atoms with Gasteiger partial charge in [0.05, 0.1) is 6.42 Å². The maximum absolute atomic E-state index is 13.0. The zero-order valence-electron chi connectivity index (χ0n) is 14.7. The number of halogens is 4. The number of hydrogen-bond donors (Lipinski definition) is 1. The highest BCUT2D eigenvalue weighted by molar-refractivity contribution is 6.35. The van der Waals surface area contributed by atoms with Crippen molar-refractivity contribution in [2.24, 2.45) is 0 Å². The molecule has 4 nitrogen and oxygen atoms in total. The molecule has 0 spiro atoms. The number of hydrogen-bond acceptors (Lipinski definition) is 2. The van der Waals surface area contributed by atoms with Crippen LogP contribution in [0.2, 0.25) is 20.1 Å². The molecule has 1 atom stereocenters. The van der Waals surface area contributed by atoms with Crippen LogP contribution >= 0.6 is 46.4 Å². The van der Waals surface area contributed by atoms with E-state index in [0.717, 1.165) is 0 Å². The summed E-state index contributed by atoms with van der Waals surface area (Å²) in [6.07, 6.45) is 0.0303. The third kappa shape index (κ3) is 5.76. The normalized spacial score (nSPS) is 11.8. The predicted octanol–water partition coefficient (Wildman–Crippen LogP) is 5.01. The largest absolute Gasteiger partial charge is 0.357 e. The number of carbonyl (C=O) groups is 2. The molecule has 0 aliphatic heterocycles. The zero-order chi connectivity index (χ0) is 20.1. The van der Waals surface area contributed by atoms with E-state index in [2.05, 4.69) is 5.32 Å². The average Bonchev–Trinajstić information content (AvgIpc) is 2.62. The van der Waals surface area contributed by atoms with Crippen molar-refractivity contribution in [3.8, 4) is 0 Å². The monoisotopic (exact) mass is 446 g/mol. The molecule has 27 heavy (non-hydrogen) atoms. The second-order valence-corrected chi connectivity index (χ2v) is 7.65. The van der Waals surface area contributed by atoms with Crippen molar-refractivity contribution in [3.05, 3.63) is 67.6 Å². The molecule has 0 heterocycles. The van der Waals surface area contributed by atoms with E-state index in [1.54, 1.807) is 43.3 Å². The van der Waals surface area contributed by atoms with Gasteiger partial charge in [0.1, 0.15) is 6.04 Å². The minimum Gasteiger partial charge on any atom is -0.357 e. The second kappa shape index (κ2) is 9.65. The first-order valence-corrected chi connectivity index (χ1v) is 9.63. The smallest absolute Gasteiger partial charge is 0.242 e. The van der Waals surface area contributed by atoms with Gasteiger partial charge < -0.3 is 10.2 Å².